The number of hydrogen-bond acceptors (Lipinski definition) is 12. The molecule has 3 fully saturated rings. The van der Waals surface area contributed by atoms with E-state index in [1.807, 2.05) is 159 Å². The highest BCUT2D eigenvalue weighted by atomic mass is 16.2. The van der Waals surface area contributed by atoms with Crippen molar-refractivity contribution in [3.8, 4) is 0 Å². The molecular formula is C103H164N12O12. The lowest BCUT2D eigenvalue weighted by Gasteiger charge is -2.34. The van der Waals surface area contributed by atoms with Crippen molar-refractivity contribution in [3.63, 3.8) is 0 Å². The Morgan fingerprint density at radius 1 is 0.283 bits per heavy atom. The Labute approximate surface area is 762 Å². The summed E-state index contributed by atoms with van der Waals surface area (Å²) < 4.78 is 0. The number of nitrogens with one attached hydrogen (secondary N) is 11. The Kier molecular flexibility index (Phi) is 39.1. The van der Waals surface area contributed by atoms with Crippen LogP contribution in [0.5, 0.6) is 0 Å². The molecule has 3 saturated carbocycles. The Bertz CT molecular complexity index is 4050. The highest BCUT2D eigenvalue weighted by molar-refractivity contribution is 6.08. The normalized spacial score (nSPS) is 14.8. The smallest absolute Gasteiger partial charge is 0.253 e. The highest BCUT2D eigenvalue weighted by Crippen LogP contribution is 2.34. The first-order valence-electron chi connectivity index (χ1n) is 46.1. The molecule has 0 bridgehead atoms. The van der Waals surface area contributed by atoms with Crippen molar-refractivity contribution in [3.05, 3.63) is 123 Å². The maximum Gasteiger partial charge on any atom is 0.253 e. The average Bonchev–Trinajstić information content (AvgIpc) is 0.822. The second kappa shape index (κ2) is 45.2. The Balaban J connectivity index is 0.000000359. The summed E-state index contributed by atoms with van der Waals surface area (Å²) in [5.74, 6) is -2.53. The average molecular weight is 1760 g/mol. The quantitative estimate of drug-likeness (QED) is 0.0330. The molecule has 4 aromatic rings. The summed E-state index contributed by atoms with van der Waals surface area (Å²) in [6.07, 6.45) is 18.7. The van der Waals surface area contributed by atoms with Crippen LogP contribution in [0.4, 0.5) is 17.1 Å². The molecule has 4 aromatic carbocycles. The lowest BCUT2D eigenvalue weighted by atomic mass is 9.81. The van der Waals surface area contributed by atoms with Gasteiger partial charge in [-0.3, -0.25) is 57.5 Å². The second-order valence-electron chi connectivity index (χ2n) is 46.9. The first-order chi connectivity index (χ1) is 57.8. The van der Waals surface area contributed by atoms with Crippen molar-refractivity contribution in [2.45, 2.75) is 383 Å². The van der Waals surface area contributed by atoms with Crippen LogP contribution in [0.15, 0.2) is 72.8 Å². The third kappa shape index (κ3) is 41.7. The topological polar surface area (TPSA) is 340 Å². The van der Waals surface area contributed by atoms with Gasteiger partial charge in [-0.25, -0.2) is 0 Å². The van der Waals surface area contributed by atoms with E-state index in [4.69, 9.17) is 0 Å². The van der Waals surface area contributed by atoms with Crippen LogP contribution in [-0.4, -0.2) is 135 Å². The number of carbonyl (C=O) groups excluding carboxylic acids is 12. The zero-order chi connectivity index (χ0) is 96.9. The van der Waals surface area contributed by atoms with Crippen molar-refractivity contribution in [1.82, 2.24) is 47.4 Å². The van der Waals surface area contributed by atoms with Crippen molar-refractivity contribution < 1.29 is 57.5 Å². The van der Waals surface area contributed by atoms with Gasteiger partial charge < -0.3 is 63.4 Å². The summed E-state index contributed by atoms with van der Waals surface area (Å²) in [4.78, 5) is 156. The van der Waals surface area contributed by atoms with Crippen LogP contribution in [0, 0.1) is 38.4 Å². The molecular weight excluding hydrogens is 1600 g/mol. The monoisotopic (exact) mass is 1760 g/mol. The summed E-state index contributed by atoms with van der Waals surface area (Å²) in [6.45, 7) is 63.4. The van der Waals surface area contributed by atoms with E-state index >= 15 is 0 Å². The molecule has 0 spiro atoms. The third-order valence-corrected chi connectivity index (χ3v) is 21.0. The molecule has 0 unspecified atom stereocenters. The van der Waals surface area contributed by atoms with Gasteiger partial charge in [0.1, 0.15) is 0 Å². The largest absolute Gasteiger partial charge is 0.349 e. The van der Waals surface area contributed by atoms with Gasteiger partial charge in [0.15, 0.2) is 0 Å². The standard InChI is InChI=1S/C33H57N3O3.C27H39N3O3.C22H35N3O3.C21H33N3O3/c1-28(2,3)19-31(10,11)34-25(37)22-16-23(26(38)35-32(12,13)20-29(4,5)6)18-24(17-22)27(39)36-33(14,15)21-30(7,8)9;31-25(28-22-10-4-1-5-11-22)19-16-20(26(32)29-23-12-6-2-7-13-23)18-21(17-19)27(33)30-24-14-8-3-9-15-24;1-14(2)13-25(9)20(28)17-11-15(18(26)23-21(3,4)5)10-16(12-17)19(27)24-22(6,7)8;1-19(2,3)16(25)22-13-10-14(23-17(26)20(4,5)6)12-15(11-13)24-18(27)21(7,8)9/h16-18H,19-21H2,1-15H3,(H,34,37)(H,35,38)(H,36,39);16-18,22-24H,1-15H2,(H,28,31)(H,29,32)(H,30,33);10-12,14H,13H2,1-9H3,(H,23,26)(H,24,27);10-12H,1-9H3,(H,22,25)(H,23,26)(H,24,27). The van der Waals surface area contributed by atoms with Gasteiger partial charge in [0.2, 0.25) is 17.7 Å². The first kappa shape index (κ1) is 110. The zero-order valence-electron chi connectivity index (χ0n) is 84.0. The van der Waals surface area contributed by atoms with Gasteiger partial charge in [-0.15, -0.1) is 0 Å². The number of hydrogen-bond donors (Lipinski definition) is 11. The van der Waals surface area contributed by atoms with E-state index < -0.39 is 43.9 Å². The predicted octanol–water partition coefficient (Wildman–Crippen LogP) is 20.5. The fourth-order valence-electron chi connectivity index (χ4n) is 16.3. The van der Waals surface area contributed by atoms with Gasteiger partial charge in [-0.05, 0) is 236 Å². The van der Waals surface area contributed by atoms with Gasteiger partial charge in [0.25, 0.3) is 53.2 Å². The molecule has 24 heteroatoms. The Morgan fingerprint density at radius 2 is 0.480 bits per heavy atom. The van der Waals surface area contributed by atoms with Crippen LogP contribution in [0.3, 0.4) is 0 Å². The SMILES string of the molecule is CC(C)(C)C(=O)Nc1cc(NC(=O)C(C)(C)C)cc(NC(=O)C(C)(C)C)c1.CC(C)(C)CC(C)(C)NC(=O)c1cc(C(=O)NC(C)(C)CC(C)(C)C)cc(C(=O)NC(C)(C)CC(C)(C)C)c1.CC(C)CN(C)C(=O)c1cc(C(=O)NC(C)(C)C)cc(C(=O)NC(C)(C)C)c1.O=C(NC1CCCCC1)c1cc(C(=O)NC2CCCCC2)cc(C(=O)NC2CCCCC2)c1. The van der Waals surface area contributed by atoms with E-state index in [0.29, 0.717) is 51.8 Å². The van der Waals surface area contributed by atoms with Crippen LogP contribution in [0.25, 0.3) is 0 Å². The van der Waals surface area contributed by atoms with Gasteiger partial charge in [-0.2, -0.15) is 0 Å². The fraction of sp³-hybridized carbons (Fsp3) is 0.650. The number of rotatable bonds is 23. The molecule has 7 rings (SSSR count). The van der Waals surface area contributed by atoms with Crippen LogP contribution >= 0.6 is 0 Å². The number of nitrogens with zero attached hydrogens (tertiary/aromatic N) is 1. The summed E-state index contributed by atoms with van der Waals surface area (Å²) in [5, 5.41) is 33.0. The molecule has 0 aromatic heterocycles. The summed E-state index contributed by atoms with van der Waals surface area (Å²) in [7, 11) is 1.72. The van der Waals surface area contributed by atoms with E-state index in [2.05, 4.69) is 121 Å². The van der Waals surface area contributed by atoms with E-state index in [-0.39, 0.29) is 133 Å². The Hall–Kier alpha value is -9.48. The van der Waals surface area contributed by atoms with Gasteiger partial charge in [-0.1, -0.05) is 196 Å². The van der Waals surface area contributed by atoms with E-state index in [9.17, 15) is 57.5 Å². The second-order valence-corrected chi connectivity index (χ2v) is 46.9. The van der Waals surface area contributed by atoms with Crippen LogP contribution < -0.4 is 58.5 Å². The fourth-order valence-corrected chi connectivity index (χ4v) is 16.3. The minimum Gasteiger partial charge on any atom is -0.349 e. The molecule has 3 aliphatic rings. The zero-order valence-corrected chi connectivity index (χ0v) is 84.0. The summed E-state index contributed by atoms with van der Waals surface area (Å²) >= 11 is 0. The van der Waals surface area contributed by atoms with Crippen LogP contribution in [0.2, 0.25) is 0 Å². The molecule has 0 heterocycles. The van der Waals surface area contributed by atoms with Crippen LogP contribution in [0.1, 0.15) is 430 Å². The van der Waals surface area contributed by atoms with Gasteiger partial charge >= 0.3 is 0 Å². The molecule has 0 atom stereocenters. The van der Waals surface area contributed by atoms with E-state index in [0.717, 1.165) is 96.3 Å². The molecule has 0 saturated heterocycles. The molecule has 11 N–H and O–H groups in total. The van der Waals surface area contributed by atoms with Gasteiger partial charge in [0, 0.05) is 143 Å². The minimum absolute atomic E-state index is 0.0147. The number of carbonyl (C=O) groups is 12. The Morgan fingerprint density at radius 3 is 0.669 bits per heavy atom. The molecule has 24 nitrogen and oxygen atoms in total. The summed E-state index contributed by atoms with van der Waals surface area (Å²) in [6, 6.07) is 19.9. The number of amides is 12. The summed E-state index contributed by atoms with van der Waals surface area (Å²) in [5.41, 5.74) is 0.521. The third-order valence-electron chi connectivity index (χ3n) is 21.0. The lowest BCUT2D eigenvalue weighted by molar-refractivity contribution is -0.123. The number of benzene rings is 4. The molecule has 0 radical (unpaired) electrons. The molecule has 127 heavy (non-hydrogen) atoms. The maximum absolute atomic E-state index is 13.5. The molecule has 12 amide bonds. The van der Waals surface area contributed by atoms with Crippen molar-refractivity contribution in [2.24, 2.45) is 38.4 Å². The molecule has 0 aliphatic heterocycles. The minimum atomic E-state index is -0.570. The van der Waals surface area contributed by atoms with Crippen molar-refractivity contribution in [2.75, 3.05) is 29.5 Å². The van der Waals surface area contributed by atoms with E-state index in [1.165, 1.54) is 25.3 Å². The highest BCUT2D eigenvalue weighted by Gasteiger charge is 2.35. The van der Waals surface area contributed by atoms with Crippen LogP contribution in [-0.2, 0) is 14.4 Å². The van der Waals surface area contributed by atoms with Crippen molar-refractivity contribution in [1.29, 1.82) is 0 Å². The predicted molar refractivity (Wildman–Crippen MR) is 516 cm³/mol. The number of anilines is 3. The first-order valence-corrected chi connectivity index (χ1v) is 46.1. The molecule has 3 aliphatic carbocycles. The van der Waals surface area contributed by atoms with Gasteiger partial charge in [0.05, 0.1) is 0 Å². The van der Waals surface area contributed by atoms with Crippen molar-refractivity contribution >= 4 is 87.9 Å². The lowest BCUT2D eigenvalue weighted by Crippen LogP contribution is -2.47. The molecule has 708 valence electrons. The van der Waals surface area contributed by atoms with E-state index in [1.54, 1.807) is 78.7 Å². The maximum atomic E-state index is 13.5.